The maximum Gasteiger partial charge on any atom is 0.175 e. The second-order valence-corrected chi connectivity index (χ2v) is 7.89. The van der Waals surface area contributed by atoms with Gasteiger partial charge in [0, 0.05) is 17.6 Å². The van der Waals surface area contributed by atoms with Gasteiger partial charge in [-0.05, 0) is 75.9 Å². The van der Waals surface area contributed by atoms with Crippen molar-refractivity contribution in [1.29, 1.82) is 0 Å². The van der Waals surface area contributed by atoms with E-state index in [2.05, 4.69) is 81.9 Å². The van der Waals surface area contributed by atoms with Crippen molar-refractivity contribution in [1.82, 2.24) is 9.78 Å². The van der Waals surface area contributed by atoms with E-state index in [0.29, 0.717) is 17.6 Å². The number of nitrogens with zero attached hydrogens (tertiary/aromatic N) is 2. The fraction of sp³-hybridized carbons (Fsp3) is 0.238. The van der Waals surface area contributed by atoms with Crippen LogP contribution in [0.2, 0.25) is 0 Å². The minimum Gasteiger partial charge on any atom is -0.332 e. The lowest BCUT2D eigenvalue weighted by Gasteiger charge is -2.13. The van der Waals surface area contributed by atoms with E-state index >= 15 is 0 Å². The molecule has 0 aliphatic heterocycles. The predicted molar refractivity (Wildman–Crippen MR) is 120 cm³/mol. The van der Waals surface area contributed by atoms with Gasteiger partial charge in [-0.15, -0.1) is 0 Å². The van der Waals surface area contributed by atoms with Crippen molar-refractivity contribution in [2.75, 3.05) is 10.6 Å². The molecule has 0 bridgehead atoms. The van der Waals surface area contributed by atoms with Crippen LogP contribution in [0.4, 0.5) is 11.4 Å². The molecular formula is C21H23BrN4S. The summed E-state index contributed by atoms with van der Waals surface area (Å²) in [5, 5.41) is 11.4. The van der Waals surface area contributed by atoms with Gasteiger partial charge in [-0.2, -0.15) is 5.10 Å². The number of anilines is 2. The van der Waals surface area contributed by atoms with Gasteiger partial charge in [-0.3, -0.25) is 4.68 Å². The van der Waals surface area contributed by atoms with Gasteiger partial charge in [0.15, 0.2) is 5.11 Å². The van der Waals surface area contributed by atoms with Crippen molar-refractivity contribution in [3.63, 3.8) is 0 Å². The predicted octanol–water partition coefficient (Wildman–Crippen LogP) is 6.02. The summed E-state index contributed by atoms with van der Waals surface area (Å²) < 4.78 is 2.86. The zero-order valence-corrected chi connectivity index (χ0v) is 17.8. The molecule has 1 aromatic heterocycles. The van der Waals surface area contributed by atoms with Gasteiger partial charge in [-0.25, -0.2) is 0 Å². The lowest BCUT2D eigenvalue weighted by molar-refractivity contribution is 0.687. The molecule has 4 nitrogen and oxygen atoms in total. The highest BCUT2D eigenvalue weighted by Crippen LogP contribution is 2.21. The van der Waals surface area contributed by atoms with Crippen molar-refractivity contribution >= 4 is 44.6 Å². The van der Waals surface area contributed by atoms with E-state index in [4.69, 9.17) is 12.2 Å². The van der Waals surface area contributed by atoms with Crippen molar-refractivity contribution in [2.24, 2.45) is 0 Å². The minimum absolute atomic E-state index is 0.572. The van der Waals surface area contributed by atoms with E-state index in [1.807, 2.05) is 23.0 Å². The standard InChI is InChI=1S/C21H23BrN4S/c1-3-15(2)17-7-9-19(10-8-17)24-21(27)25-20-6-4-5-16(11-20)13-26-14-18(22)12-23-26/h4-12,14-15H,3,13H2,1-2H3,(H2,24,25,27). The van der Waals surface area contributed by atoms with Gasteiger partial charge in [0.05, 0.1) is 17.2 Å². The Morgan fingerprint density at radius 2 is 1.89 bits per heavy atom. The van der Waals surface area contributed by atoms with Crippen LogP contribution in [0.3, 0.4) is 0 Å². The molecule has 0 amide bonds. The average Bonchev–Trinajstić information content (AvgIpc) is 3.06. The number of aromatic nitrogens is 2. The first-order valence-electron chi connectivity index (χ1n) is 8.98. The fourth-order valence-corrected chi connectivity index (χ4v) is 3.35. The third-order valence-corrected chi connectivity index (χ3v) is 5.09. The first-order valence-corrected chi connectivity index (χ1v) is 10.2. The van der Waals surface area contributed by atoms with Crippen LogP contribution in [0.5, 0.6) is 0 Å². The number of nitrogens with one attached hydrogen (secondary N) is 2. The molecule has 0 fully saturated rings. The SMILES string of the molecule is CCC(C)c1ccc(NC(=S)Nc2cccc(Cn3cc(Br)cn3)c2)cc1. The number of hydrogen-bond acceptors (Lipinski definition) is 2. The Kier molecular flexibility index (Phi) is 6.63. The second-order valence-electron chi connectivity index (χ2n) is 6.57. The fourth-order valence-electron chi connectivity index (χ4n) is 2.78. The van der Waals surface area contributed by atoms with Gasteiger partial charge in [0.2, 0.25) is 0 Å². The van der Waals surface area contributed by atoms with Crippen LogP contribution >= 0.6 is 28.1 Å². The molecule has 0 radical (unpaired) electrons. The topological polar surface area (TPSA) is 41.9 Å². The van der Waals surface area contributed by atoms with Gasteiger partial charge >= 0.3 is 0 Å². The molecule has 2 N–H and O–H groups in total. The summed E-state index contributed by atoms with van der Waals surface area (Å²) in [6.07, 6.45) is 4.88. The van der Waals surface area contributed by atoms with Crippen molar-refractivity contribution in [3.05, 3.63) is 76.5 Å². The summed E-state index contributed by atoms with van der Waals surface area (Å²) in [7, 11) is 0. The van der Waals surface area contributed by atoms with Crippen LogP contribution in [0.25, 0.3) is 0 Å². The largest absolute Gasteiger partial charge is 0.332 e. The quantitative estimate of drug-likeness (QED) is 0.458. The Bertz CT molecular complexity index is 905. The number of benzene rings is 2. The van der Waals surface area contributed by atoms with Crippen LogP contribution < -0.4 is 10.6 Å². The van der Waals surface area contributed by atoms with Gasteiger partial charge in [0.25, 0.3) is 0 Å². The van der Waals surface area contributed by atoms with E-state index in [9.17, 15) is 0 Å². The molecule has 1 heterocycles. The van der Waals surface area contributed by atoms with Crippen molar-refractivity contribution in [2.45, 2.75) is 32.7 Å². The Balaban J connectivity index is 1.59. The molecule has 0 aliphatic carbocycles. The highest BCUT2D eigenvalue weighted by Gasteiger charge is 2.04. The number of halogens is 1. The summed E-state index contributed by atoms with van der Waals surface area (Å²) >= 11 is 8.88. The van der Waals surface area contributed by atoms with E-state index in [0.717, 1.165) is 27.8 Å². The van der Waals surface area contributed by atoms with Gasteiger partial charge < -0.3 is 10.6 Å². The monoisotopic (exact) mass is 442 g/mol. The maximum atomic E-state index is 5.46. The summed E-state index contributed by atoms with van der Waals surface area (Å²) in [5.74, 6) is 0.572. The van der Waals surface area contributed by atoms with Crippen LogP contribution in [-0.4, -0.2) is 14.9 Å². The second kappa shape index (κ2) is 9.15. The summed E-state index contributed by atoms with van der Waals surface area (Å²) in [5.41, 5.74) is 4.43. The van der Waals surface area contributed by atoms with E-state index in [-0.39, 0.29) is 0 Å². The average molecular weight is 443 g/mol. The molecule has 0 spiro atoms. The Morgan fingerprint density at radius 1 is 1.15 bits per heavy atom. The normalized spacial score (nSPS) is 11.8. The van der Waals surface area contributed by atoms with Crippen LogP contribution in [0.15, 0.2) is 65.4 Å². The molecule has 6 heteroatoms. The molecule has 3 rings (SSSR count). The van der Waals surface area contributed by atoms with Crippen LogP contribution in [0.1, 0.15) is 37.3 Å². The Hall–Kier alpha value is -2.18. The molecule has 0 saturated heterocycles. The molecule has 140 valence electrons. The minimum atomic E-state index is 0.572. The number of thiocarbonyl (C=S) groups is 1. The summed E-state index contributed by atoms with van der Waals surface area (Å²) in [6.45, 7) is 5.15. The molecule has 27 heavy (non-hydrogen) atoms. The molecule has 3 aromatic rings. The Labute approximate surface area is 174 Å². The third-order valence-electron chi connectivity index (χ3n) is 4.48. The van der Waals surface area contributed by atoms with E-state index in [1.165, 1.54) is 5.56 Å². The maximum absolute atomic E-state index is 5.46. The van der Waals surface area contributed by atoms with Crippen molar-refractivity contribution in [3.8, 4) is 0 Å². The first kappa shape index (κ1) is 19.6. The van der Waals surface area contributed by atoms with Gasteiger partial charge in [-0.1, -0.05) is 38.1 Å². The molecular weight excluding hydrogens is 420 g/mol. The summed E-state index contributed by atoms with van der Waals surface area (Å²) in [4.78, 5) is 0. The molecule has 1 unspecified atom stereocenters. The van der Waals surface area contributed by atoms with Crippen molar-refractivity contribution < 1.29 is 0 Å². The third kappa shape index (κ3) is 5.65. The van der Waals surface area contributed by atoms with Crippen LogP contribution in [0, 0.1) is 0 Å². The zero-order valence-electron chi connectivity index (χ0n) is 15.4. The summed E-state index contributed by atoms with van der Waals surface area (Å²) in [6, 6.07) is 16.6. The number of hydrogen-bond donors (Lipinski definition) is 2. The van der Waals surface area contributed by atoms with E-state index in [1.54, 1.807) is 6.20 Å². The molecule has 1 atom stereocenters. The molecule has 2 aromatic carbocycles. The van der Waals surface area contributed by atoms with Gasteiger partial charge in [0.1, 0.15) is 0 Å². The first-order chi connectivity index (χ1) is 13.0. The highest BCUT2D eigenvalue weighted by molar-refractivity contribution is 9.10. The number of rotatable bonds is 6. The highest BCUT2D eigenvalue weighted by atomic mass is 79.9. The Morgan fingerprint density at radius 3 is 2.56 bits per heavy atom. The van der Waals surface area contributed by atoms with Crippen LogP contribution in [-0.2, 0) is 6.54 Å². The lowest BCUT2D eigenvalue weighted by Crippen LogP contribution is -2.19. The lowest BCUT2D eigenvalue weighted by atomic mass is 9.99. The molecule has 0 saturated carbocycles. The van der Waals surface area contributed by atoms with E-state index < -0.39 is 0 Å². The molecule has 0 aliphatic rings. The smallest absolute Gasteiger partial charge is 0.175 e. The zero-order chi connectivity index (χ0) is 19.2.